The number of halogens is 2. The molecule has 0 aliphatic heterocycles. The van der Waals surface area contributed by atoms with E-state index in [9.17, 15) is 4.79 Å². The molecule has 0 radical (unpaired) electrons. The summed E-state index contributed by atoms with van der Waals surface area (Å²) in [6.45, 7) is 2.56. The molecular weight excluding hydrogens is 335 g/mol. The Morgan fingerprint density at radius 2 is 1.65 bits per heavy atom. The van der Waals surface area contributed by atoms with E-state index in [0.29, 0.717) is 24.7 Å². The molecule has 0 saturated carbocycles. The van der Waals surface area contributed by atoms with E-state index >= 15 is 0 Å². The van der Waals surface area contributed by atoms with Crippen LogP contribution in [0.3, 0.4) is 0 Å². The van der Waals surface area contributed by atoms with Gasteiger partial charge in [0.05, 0.1) is 6.61 Å². The Balaban J connectivity index is 1.86. The molecule has 0 aliphatic carbocycles. The molecule has 2 rings (SSSR count). The zero-order chi connectivity index (χ0) is 16.7. The maximum Gasteiger partial charge on any atom is 0.324 e. The topological polar surface area (TPSA) is 35.5 Å². The van der Waals surface area contributed by atoms with Gasteiger partial charge in [-0.25, -0.2) is 0 Å². The van der Waals surface area contributed by atoms with Crippen LogP contribution in [0.15, 0.2) is 48.5 Å². The molecule has 0 spiro atoms. The zero-order valence-electron chi connectivity index (χ0n) is 12.8. The number of carbonyl (C=O) groups is 1. The molecule has 0 aliphatic rings. The van der Waals surface area contributed by atoms with Crippen molar-refractivity contribution in [1.82, 2.24) is 0 Å². The molecule has 1 unspecified atom stereocenters. The van der Waals surface area contributed by atoms with Crippen molar-refractivity contribution in [3.05, 3.63) is 64.7 Å². The first-order valence-corrected chi connectivity index (χ1v) is 8.17. The van der Waals surface area contributed by atoms with Gasteiger partial charge in [-0.15, -0.1) is 11.6 Å². The first-order valence-electron chi connectivity index (χ1n) is 7.35. The Labute approximate surface area is 146 Å². The number of hydrogen-bond acceptors (Lipinski definition) is 3. The summed E-state index contributed by atoms with van der Waals surface area (Å²) >= 11 is 11.9. The molecule has 23 heavy (non-hydrogen) atoms. The molecule has 122 valence electrons. The lowest BCUT2D eigenvalue weighted by atomic mass is 10.1. The average molecular weight is 353 g/mol. The van der Waals surface area contributed by atoms with Crippen molar-refractivity contribution in [3.63, 3.8) is 0 Å². The van der Waals surface area contributed by atoms with E-state index in [1.807, 2.05) is 36.4 Å². The fourth-order valence-corrected chi connectivity index (χ4v) is 2.36. The van der Waals surface area contributed by atoms with Crippen LogP contribution in [0.2, 0.25) is 5.02 Å². The lowest BCUT2D eigenvalue weighted by molar-refractivity contribution is -0.142. The highest BCUT2D eigenvalue weighted by molar-refractivity contribution is 6.30. The number of ether oxygens (including phenoxy) is 2. The molecule has 0 fully saturated rings. The van der Waals surface area contributed by atoms with Gasteiger partial charge in [0.25, 0.3) is 0 Å². The predicted octanol–water partition coefficient (Wildman–Crippen LogP) is 4.63. The first-order chi connectivity index (χ1) is 11.1. The molecule has 0 bridgehead atoms. The number of carbonyl (C=O) groups excluding carboxylic acids is 1. The molecule has 0 N–H and O–H groups in total. The van der Waals surface area contributed by atoms with Crippen molar-refractivity contribution in [2.45, 2.75) is 25.3 Å². The molecule has 3 nitrogen and oxygen atoms in total. The fraction of sp³-hybridized carbons (Fsp3) is 0.278. The number of esters is 1. The van der Waals surface area contributed by atoms with Crippen LogP contribution in [0.5, 0.6) is 5.75 Å². The van der Waals surface area contributed by atoms with E-state index in [2.05, 4.69) is 0 Å². The second-order valence-corrected chi connectivity index (χ2v) is 5.95. The fourth-order valence-electron chi connectivity index (χ4n) is 1.99. The normalized spacial score (nSPS) is 11.8. The van der Waals surface area contributed by atoms with Crippen LogP contribution in [-0.4, -0.2) is 18.0 Å². The van der Waals surface area contributed by atoms with Gasteiger partial charge in [-0.1, -0.05) is 35.9 Å². The van der Waals surface area contributed by atoms with Crippen LogP contribution in [0.1, 0.15) is 18.1 Å². The molecule has 2 aromatic carbocycles. The summed E-state index contributed by atoms with van der Waals surface area (Å²) in [5.41, 5.74) is 2.01. The van der Waals surface area contributed by atoms with Gasteiger partial charge < -0.3 is 9.47 Å². The van der Waals surface area contributed by atoms with Gasteiger partial charge in [-0.05, 0) is 48.7 Å². The Kier molecular flexibility index (Phi) is 6.75. The van der Waals surface area contributed by atoms with Gasteiger partial charge in [-0.3, -0.25) is 4.79 Å². The minimum Gasteiger partial charge on any atom is -0.489 e. The van der Waals surface area contributed by atoms with Gasteiger partial charge in [0.2, 0.25) is 0 Å². The van der Waals surface area contributed by atoms with Crippen LogP contribution in [0, 0.1) is 0 Å². The summed E-state index contributed by atoms with van der Waals surface area (Å²) in [5, 5.41) is 0.0186. The quantitative estimate of drug-likeness (QED) is 0.538. The monoisotopic (exact) mass is 352 g/mol. The van der Waals surface area contributed by atoms with Gasteiger partial charge in [-0.2, -0.15) is 0 Å². The third-order valence-corrected chi connectivity index (χ3v) is 3.78. The van der Waals surface area contributed by atoms with Crippen LogP contribution < -0.4 is 4.74 Å². The molecule has 0 saturated heterocycles. The summed E-state index contributed by atoms with van der Waals surface area (Å²) in [5.74, 6) is 0.380. The second kappa shape index (κ2) is 8.80. The average Bonchev–Trinajstić information content (AvgIpc) is 2.56. The molecule has 1 atom stereocenters. The Morgan fingerprint density at radius 3 is 2.26 bits per heavy atom. The van der Waals surface area contributed by atoms with Crippen molar-refractivity contribution >= 4 is 29.2 Å². The SMILES string of the molecule is CCOC(=O)C(Cl)Cc1ccc(COc2ccc(Cl)cc2)cc1. The Bertz CT molecular complexity index is 624. The van der Waals surface area contributed by atoms with E-state index in [0.717, 1.165) is 16.9 Å². The van der Waals surface area contributed by atoms with Gasteiger partial charge in [0.1, 0.15) is 17.7 Å². The standard InChI is InChI=1S/C18H18Cl2O3/c1-2-22-18(21)17(20)11-13-3-5-14(6-4-13)12-23-16-9-7-15(19)8-10-16/h3-10,17H,2,11-12H2,1H3. The van der Waals surface area contributed by atoms with Gasteiger partial charge >= 0.3 is 5.97 Å². The maximum absolute atomic E-state index is 11.5. The smallest absolute Gasteiger partial charge is 0.324 e. The molecule has 0 aromatic heterocycles. The molecule has 2 aromatic rings. The largest absolute Gasteiger partial charge is 0.489 e. The van der Waals surface area contributed by atoms with Crippen molar-refractivity contribution in [2.24, 2.45) is 0 Å². The highest BCUT2D eigenvalue weighted by atomic mass is 35.5. The Morgan fingerprint density at radius 1 is 1.04 bits per heavy atom. The number of rotatable bonds is 7. The van der Waals surface area contributed by atoms with E-state index in [-0.39, 0.29) is 5.97 Å². The van der Waals surface area contributed by atoms with Crippen LogP contribution in [-0.2, 0) is 22.6 Å². The molecule has 0 amide bonds. The van der Waals surface area contributed by atoms with Crippen LogP contribution in [0.4, 0.5) is 0 Å². The lowest BCUT2D eigenvalue weighted by Gasteiger charge is -2.10. The van der Waals surface area contributed by atoms with Crippen LogP contribution >= 0.6 is 23.2 Å². The highest BCUT2D eigenvalue weighted by Crippen LogP contribution is 2.17. The van der Waals surface area contributed by atoms with Crippen LogP contribution in [0.25, 0.3) is 0 Å². The highest BCUT2D eigenvalue weighted by Gasteiger charge is 2.16. The van der Waals surface area contributed by atoms with Crippen molar-refractivity contribution < 1.29 is 14.3 Å². The predicted molar refractivity (Wildman–Crippen MR) is 92.2 cm³/mol. The second-order valence-electron chi connectivity index (χ2n) is 4.98. The summed E-state index contributed by atoms with van der Waals surface area (Å²) < 4.78 is 10.6. The minimum atomic E-state index is -0.661. The lowest BCUT2D eigenvalue weighted by Crippen LogP contribution is -2.20. The van der Waals surface area contributed by atoms with E-state index in [4.69, 9.17) is 32.7 Å². The van der Waals surface area contributed by atoms with Crippen molar-refractivity contribution in [1.29, 1.82) is 0 Å². The summed E-state index contributed by atoms with van der Waals surface area (Å²) in [4.78, 5) is 11.5. The molecular formula is C18H18Cl2O3. The van der Waals surface area contributed by atoms with Crippen molar-refractivity contribution in [2.75, 3.05) is 6.61 Å². The minimum absolute atomic E-state index is 0.336. The van der Waals surface area contributed by atoms with Gasteiger partial charge in [0.15, 0.2) is 0 Å². The maximum atomic E-state index is 11.5. The molecule has 5 heteroatoms. The first kappa shape index (κ1) is 17.6. The van der Waals surface area contributed by atoms with E-state index in [1.165, 1.54) is 0 Å². The third-order valence-electron chi connectivity index (χ3n) is 3.20. The number of benzene rings is 2. The van der Waals surface area contributed by atoms with Gasteiger partial charge in [0, 0.05) is 5.02 Å². The van der Waals surface area contributed by atoms with Crippen molar-refractivity contribution in [3.8, 4) is 5.75 Å². The Hall–Kier alpha value is -1.71. The summed E-state index contributed by atoms with van der Waals surface area (Å²) in [6.07, 6.45) is 0.443. The number of hydrogen-bond donors (Lipinski definition) is 0. The number of alkyl halides is 1. The zero-order valence-corrected chi connectivity index (χ0v) is 14.3. The summed E-state index contributed by atoms with van der Waals surface area (Å²) in [7, 11) is 0. The van der Waals surface area contributed by atoms with E-state index < -0.39 is 5.38 Å². The summed E-state index contributed by atoms with van der Waals surface area (Å²) in [6, 6.07) is 15.0. The third kappa shape index (κ3) is 5.77. The van der Waals surface area contributed by atoms with E-state index in [1.54, 1.807) is 19.1 Å². The molecule has 0 heterocycles.